The third-order valence-corrected chi connectivity index (χ3v) is 4.22. The molecule has 1 saturated heterocycles. The standard InChI is InChI=1S/C15H16N2O4/c1-16-6-4-10(5-7-16)17-13(18)11-3-2-9(15(20)21)8-12(11)14(17)19/h2-3,8,10H,4-7H2,1H3,(H,20,21). The van der Waals surface area contributed by atoms with Crippen LogP contribution in [0.1, 0.15) is 43.9 Å². The highest BCUT2D eigenvalue weighted by Gasteiger charge is 2.40. The van der Waals surface area contributed by atoms with E-state index in [-0.39, 0.29) is 29.0 Å². The van der Waals surface area contributed by atoms with Gasteiger partial charge in [0.05, 0.1) is 16.7 Å². The van der Waals surface area contributed by atoms with Crippen molar-refractivity contribution in [1.82, 2.24) is 9.80 Å². The van der Waals surface area contributed by atoms with Crippen LogP contribution in [0.25, 0.3) is 0 Å². The number of benzene rings is 1. The molecule has 0 aliphatic carbocycles. The molecule has 0 unspecified atom stereocenters. The van der Waals surface area contributed by atoms with Crippen molar-refractivity contribution in [1.29, 1.82) is 0 Å². The van der Waals surface area contributed by atoms with Crippen molar-refractivity contribution in [3.05, 3.63) is 34.9 Å². The molecular formula is C15H16N2O4. The summed E-state index contributed by atoms with van der Waals surface area (Å²) >= 11 is 0. The van der Waals surface area contributed by atoms with Gasteiger partial charge in [0.15, 0.2) is 0 Å². The maximum absolute atomic E-state index is 12.5. The highest BCUT2D eigenvalue weighted by Crippen LogP contribution is 2.29. The molecule has 2 aliphatic rings. The van der Waals surface area contributed by atoms with Crippen LogP contribution in [0.3, 0.4) is 0 Å². The number of carboxylic acids is 1. The van der Waals surface area contributed by atoms with E-state index in [1.54, 1.807) is 0 Å². The summed E-state index contributed by atoms with van der Waals surface area (Å²) in [6.07, 6.45) is 1.52. The second kappa shape index (κ2) is 4.96. The van der Waals surface area contributed by atoms with E-state index < -0.39 is 5.97 Å². The second-order valence-corrected chi connectivity index (χ2v) is 5.58. The first-order chi connectivity index (χ1) is 9.99. The zero-order valence-electron chi connectivity index (χ0n) is 11.7. The molecule has 2 heterocycles. The number of amides is 2. The number of nitrogens with zero attached hydrogens (tertiary/aromatic N) is 2. The second-order valence-electron chi connectivity index (χ2n) is 5.58. The summed E-state index contributed by atoms with van der Waals surface area (Å²) in [7, 11) is 2.01. The molecule has 2 aliphatic heterocycles. The number of hydrogen-bond donors (Lipinski definition) is 1. The maximum atomic E-state index is 12.5. The van der Waals surface area contributed by atoms with Gasteiger partial charge in [-0.2, -0.15) is 0 Å². The van der Waals surface area contributed by atoms with Crippen LogP contribution in [-0.4, -0.2) is 58.9 Å². The number of carboxylic acid groups (broad SMARTS) is 1. The van der Waals surface area contributed by atoms with E-state index in [1.165, 1.54) is 23.1 Å². The van der Waals surface area contributed by atoms with E-state index in [2.05, 4.69) is 4.90 Å². The smallest absolute Gasteiger partial charge is 0.335 e. The van der Waals surface area contributed by atoms with Gasteiger partial charge in [0.25, 0.3) is 11.8 Å². The molecule has 6 heteroatoms. The van der Waals surface area contributed by atoms with Gasteiger partial charge in [-0.3, -0.25) is 14.5 Å². The highest BCUT2D eigenvalue weighted by molar-refractivity contribution is 6.22. The average Bonchev–Trinajstić information content (AvgIpc) is 2.72. The number of rotatable bonds is 2. The molecule has 1 N–H and O–H groups in total. The number of likely N-dealkylation sites (tertiary alicyclic amines) is 1. The summed E-state index contributed by atoms with van der Waals surface area (Å²) in [5.74, 6) is -1.77. The maximum Gasteiger partial charge on any atom is 0.335 e. The first kappa shape index (κ1) is 13.8. The fourth-order valence-electron chi connectivity index (χ4n) is 2.98. The summed E-state index contributed by atoms with van der Waals surface area (Å²) in [6, 6.07) is 4.01. The minimum Gasteiger partial charge on any atom is -0.478 e. The molecule has 0 radical (unpaired) electrons. The molecule has 1 aromatic rings. The van der Waals surface area contributed by atoms with Crippen molar-refractivity contribution in [2.75, 3.05) is 20.1 Å². The minimum absolute atomic E-state index is 0.0279. The molecule has 0 saturated carbocycles. The summed E-state index contributed by atoms with van der Waals surface area (Å²) in [5.41, 5.74) is 0.544. The molecule has 0 aromatic heterocycles. The zero-order valence-corrected chi connectivity index (χ0v) is 11.7. The minimum atomic E-state index is -1.10. The predicted molar refractivity (Wildman–Crippen MR) is 74.4 cm³/mol. The predicted octanol–water partition coefficient (Wildman–Crippen LogP) is 1.08. The van der Waals surface area contributed by atoms with Crippen molar-refractivity contribution in [2.45, 2.75) is 18.9 Å². The third-order valence-electron chi connectivity index (χ3n) is 4.22. The summed E-state index contributed by atoms with van der Waals surface area (Å²) < 4.78 is 0. The van der Waals surface area contributed by atoms with Crippen molar-refractivity contribution >= 4 is 17.8 Å². The fraction of sp³-hybridized carbons (Fsp3) is 0.400. The highest BCUT2D eigenvalue weighted by atomic mass is 16.4. The van der Waals surface area contributed by atoms with Crippen LogP contribution >= 0.6 is 0 Å². The van der Waals surface area contributed by atoms with E-state index in [9.17, 15) is 14.4 Å². The Morgan fingerprint density at radius 3 is 2.38 bits per heavy atom. The van der Waals surface area contributed by atoms with Gasteiger partial charge in [-0.1, -0.05) is 0 Å². The van der Waals surface area contributed by atoms with E-state index in [0.717, 1.165) is 25.9 Å². The van der Waals surface area contributed by atoms with Crippen molar-refractivity contribution in [2.24, 2.45) is 0 Å². The number of hydrogen-bond acceptors (Lipinski definition) is 4. The van der Waals surface area contributed by atoms with Gasteiger partial charge in [-0.15, -0.1) is 0 Å². The van der Waals surface area contributed by atoms with E-state index in [4.69, 9.17) is 5.11 Å². The average molecular weight is 288 g/mol. The molecule has 1 aromatic carbocycles. The number of imide groups is 1. The molecule has 0 spiro atoms. The molecule has 21 heavy (non-hydrogen) atoms. The lowest BCUT2D eigenvalue weighted by molar-refractivity contribution is 0.0516. The monoisotopic (exact) mass is 288 g/mol. The normalized spacial score (nSPS) is 20.0. The number of carbonyl (C=O) groups excluding carboxylic acids is 2. The quantitative estimate of drug-likeness (QED) is 0.824. The van der Waals surface area contributed by atoms with Gasteiger partial charge in [0.2, 0.25) is 0 Å². The molecule has 110 valence electrons. The number of carbonyl (C=O) groups is 3. The van der Waals surface area contributed by atoms with Crippen LogP contribution in [0.15, 0.2) is 18.2 Å². The van der Waals surface area contributed by atoms with Crippen LogP contribution in [-0.2, 0) is 0 Å². The van der Waals surface area contributed by atoms with Gasteiger partial charge in [-0.05, 0) is 51.2 Å². The van der Waals surface area contributed by atoms with Crippen molar-refractivity contribution in [3.8, 4) is 0 Å². The van der Waals surface area contributed by atoms with Gasteiger partial charge in [0.1, 0.15) is 0 Å². The Balaban J connectivity index is 1.91. The summed E-state index contributed by atoms with van der Waals surface area (Å²) in [4.78, 5) is 39.3. The van der Waals surface area contributed by atoms with E-state index >= 15 is 0 Å². The van der Waals surface area contributed by atoms with Crippen LogP contribution < -0.4 is 0 Å². The Morgan fingerprint density at radius 2 is 1.76 bits per heavy atom. The van der Waals surface area contributed by atoms with Gasteiger partial charge in [-0.25, -0.2) is 4.79 Å². The van der Waals surface area contributed by atoms with Crippen LogP contribution in [0.4, 0.5) is 0 Å². The van der Waals surface area contributed by atoms with Gasteiger partial charge >= 0.3 is 5.97 Å². The van der Waals surface area contributed by atoms with E-state index in [1.807, 2.05) is 7.05 Å². The fourth-order valence-corrected chi connectivity index (χ4v) is 2.98. The molecule has 0 atom stereocenters. The van der Waals surface area contributed by atoms with Crippen LogP contribution in [0.2, 0.25) is 0 Å². The first-order valence-corrected chi connectivity index (χ1v) is 6.93. The Morgan fingerprint density at radius 1 is 1.14 bits per heavy atom. The van der Waals surface area contributed by atoms with Gasteiger partial charge < -0.3 is 10.0 Å². The van der Waals surface area contributed by atoms with E-state index in [0.29, 0.717) is 5.56 Å². The number of aromatic carboxylic acids is 1. The molecule has 3 rings (SSSR count). The molecular weight excluding hydrogens is 272 g/mol. The molecule has 0 bridgehead atoms. The Bertz CT molecular complexity index is 633. The van der Waals surface area contributed by atoms with Crippen molar-refractivity contribution in [3.63, 3.8) is 0 Å². The third kappa shape index (κ3) is 2.21. The molecule has 2 amide bonds. The first-order valence-electron chi connectivity index (χ1n) is 6.93. The Kier molecular flexibility index (Phi) is 3.25. The molecule has 1 fully saturated rings. The lowest BCUT2D eigenvalue weighted by atomic mass is 10.0. The number of piperidine rings is 1. The largest absolute Gasteiger partial charge is 0.478 e. The lowest BCUT2D eigenvalue weighted by Crippen LogP contribution is -2.46. The van der Waals surface area contributed by atoms with Crippen molar-refractivity contribution < 1.29 is 19.5 Å². The molecule has 6 nitrogen and oxygen atoms in total. The van der Waals surface area contributed by atoms with Crippen LogP contribution in [0.5, 0.6) is 0 Å². The zero-order chi connectivity index (χ0) is 15.1. The lowest BCUT2D eigenvalue weighted by Gasteiger charge is -2.33. The van der Waals surface area contributed by atoms with Crippen LogP contribution in [0, 0.1) is 0 Å². The Labute approximate surface area is 122 Å². The SMILES string of the molecule is CN1CCC(N2C(=O)c3ccc(C(=O)O)cc3C2=O)CC1. The Hall–Kier alpha value is -2.21. The summed E-state index contributed by atoms with van der Waals surface area (Å²) in [5, 5.41) is 9.00. The topological polar surface area (TPSA) is 77.9 Å². The van der Waals surface area contributed by atoms with Gasteiger partial charge in [0, 0.05) is 6.04 Å². The number of fused-ring (bicyclic) bond motifs is 1. The summed E-state index contributed by atoms with van der Waals surface area (Å²) in [6.45, 7) is 1.69.